The third-order valence-corrected chi connectivity index (χ3v) is 4.91. The topological polar surface area (TPSA) is 68.3 Å². The number of aromatic nitrogens is 1. The molecule has 0 saturated heterocycles. The van der Waals surface area contributed by atoms with E-state index in [-0.39, 0.29) is 0 Å². The maximum absolute atomic E-state index is 13.6. The van der Waals surface area contributed by atoms with Crippen molar-refractivity contribution in [2.24, 2.45) is 0 Å². The molecule has 1 N–H and O–H groups in total. The Hall–Kier alpha value is -3.28. The first-order chi connectivity index (χ1) is 13.5. The van der Waals surface area contributed by atoms with Crippen LogP contribution in [0.15, 0.2) is 42.5 Å². The van der Waals surface area contributed by atoms with Gasteiger partial charge in [0.05, 0.1) is 11.1 Å². The van der Waals surface area contributed by atoms with Crippen molar-refractivity contribution in [3.05, 3.63) is 70.7 Å². The summed E-state index contributed by atoms with van der Waals surface area (Å²) in [5, 5.41) is 3.27. The number of benzene rings is 2. The second-order valence-electron chi connectivity index (χ2n) is 6.87. The molecule has 3 aromatic rings. The van der Waals surface area contributed by atoms with Crippen LogP contribution in [0.25, 0.3) is 10.9 Å². The number of aryl methyl sites for hydroxylation is 2. The number of hydrogen-bond acceptors (Lipinski definition) is 4. The number of fused-ring (bicyclic) bond motifs is 2. The Balaban J connectivity index is 1.51. The van der Waals surface area contributed by atoms with Crippen LogP contribution in [0.3, 0.4) is 0 Å². The Labute approximate surface area is 161 Å². The first kappa shape index (κ1) is 18.1. The number of esters is 1. The molecule has 0 aliphatic heterocycles. The molecule has 0 bridgehead atoms. The van der Waals surface area contributed by atoms with Crippen LogP contribution in [0, 0.1) is 12.7 Å². The minimum Gasteiger partial charge on any atom is -0.452 e. The van der Waals surface area contributed by atoms with E-state index in [0.717, 1.165) is 41.4 Å². The number of rotatable bonds is 4. The van der Waals surface area contributed by atoms with Crippen molar-refractivity contribution in [3.8, 4) is 0 Å². The highest BCUT2D eigenvalue weighted by Gasteiger charge is 2.25. The van der Waals surface area contributed by atoms with Crippen LogP contribution in [0.2, 0.25) is 0 Å². The molecule has 0 spiro atoms. The summed E-state index contributed by atoms with van der Waals surface area (Å²) in [6.07, 6.45) is 2.55. The van der Waals surface area contributed by atoms with Gasteiger partial charge in [0, 0.05) is 16.8 Å². The number of para-hydroxylation sites is 1. The van der Waals surface area contributed by atoms with E-state index < -0.39 is 24.3 Å². The summed E-state index contributed by atoms with van der Waals surface area (Å²) in [6.45, 7) is 1.19. The number of nitrogens with zero attached hydrogens (tertiary/aromatic N) is 1. The van der Waals surface area contributed by atoms with Gasteiger partial charge in [-0.3, -0.25) is 9.78 Å². The molecule has 0 atom stereocenters. The number of amides is 1. The Bertz CT molecular complexity index is 1090. The summed E-state index contributed by atoms with van der Waals surface area (Å²) in [7, 11) is 0. The second kappa shape index (κ2) is 7.38. The third-order valence-electron chi connectivity index (χ3n) is 4.91. The van der Waals surface area contributed by atoms with Gasteiger partial charge in [0.2, 0.25) is 0 Å². The maximum atomic E-state index is 13.6. The Morgan fingerprint density at radius 3 is 2.82 bits per heavy atom. The van der Waals surface area contributed by atoms with Crippen LogP contribution < -0.4 is 5.32 Å². The van der Waals surface area contributed by atoms with Crippen LogP contribution in [0.4, 0.5) is 10.1 Å². The molecule has 2 aromatic carbocycles. The summed E-state index contributed by atoms with van der Waals surface area (Å²) in [4.78, 5) is 29.5. The van der Waals surface area contributed by atoms with Crippen molar-refractivity contribution >= 4 is 28.5 Å². The lowest BCUT2D eigenvalue weighted by molar-refractivity contribution is -0.119. The van der Waals surface area contributed by atoms with E-state index in [2.05, 4.69) is 10.3 Å². The zero-order valence-electron chi connectivity index (χ0n) is 15.4. The van der Waals surface area contributed by atoms with E-state index in [0.29, 0.717) is 16.8 Å². The number of nitrogens with one attached hydrogen (secondary N) is 1. The molecule has 5 nitrogen and oxygen atoms in total. The summed E-state index contributed by atoms with van der Waals surface area (Å²) in [5.74, 6) is -1.47. The highest BCUT2D eigenvalue weighted by atomic mass is 19.1. The van der Waals surface area contributed by atoms with Gasteiger partial charge in [-0.2, -0.15) is 0 Å². The van der Waals surface area contributed by atoms with Gasteiger partial charge in [-0.05, 0) is 55.5 Å². The normalized spacial score (nSPS) is 12.6. The molecule has 28 heavy (non-hydrogen) atoms. The molecular formula is C22H19FN2O3. The van der Waals surface area contributed by atoms with Crippen molar-refractivity contribution in [3.63, 3.8) is 0 Å². The SMILES string of the molecule is Cc1ccc(NC(=O)COC(=O)c2c3c(nc4ccccc24)CCC3)cc1F. The molecule has 0 unspecified atom stereocenters. The van der Waals surface area contributed by atoms with E-state index >= 15 is 0 Å². The predicted molar refractivity (Wildman–Crippen MR) is 104 cm³/mol. The van der Waals surface area contributed by atoms with E-state index in [1.54, 1.807) is 19.1 Å². The molecule has 1 heterocycles. The number of carbonyl (C=O) groups is 2. The number of pyridine rings is 1. The van der Waals surface area contributed by atoms with Gasteiger partial charge >= 0.3 is 5.97 Å². The average Bonchev–Trinajstić information content (AvgIpc) is 3.15. The lowest BCUT2D eigenvalue weighted by atomic mass is 10.0. The lowest BCUT2D eigenvalue weighted by Gasteiger charge is -2.12. The van der Waals surface area contributed by atoms with Crippen LogP contribution in [0.1, 0.15) is 33.6 Å². The van der Waals surface area contributed by atoms with Crippen molar-refractivity contribution in [2.75, 3.05) is 11.9 Å². The first-order valence-electron chi connectivity index (χ1n) is 9.16. The molecule has 1 amide bonds. The smallest absolute Gasteiger partial charge is 0.339 e. The van der Waals surface area contributed by atoms with Crippen LogP contribution in [-0.2, 0) is 22.4 Å². The largest absolute Gasteiger partial charge is 0.452 e. The molecule has 0 radical (unpaired) electrons. The van der Waals surface area contributed by atoms with Crippen molar-refractivity contribution in [2.45, 2.75) is 26.2 Å². The number of carbonyl (C=O) groups excluding carboxylic acids is 2. The average molecular weight is 378 g/mol. The minimum absolute atomic E-state index is 0.319. The van der Waals surface area contributed by atoms with E-state index in [1.165, 1.54) is 6.07 Å². The summed E-state index contributed by atoms with van der Waals surface area (Å²) < 4.78 is 18.9. The number of hydrogen-bond donors (Lipinski definition) is 1. The Morgan fingerprint density at radius 2 is 2.00 bits per heavy atom. The first-order valence-corrected chi connectivity index (χ1v) is 9.16. The fraction of sp³-hybridized carbons (Fsp3) is 0.227. The van der Waals surface area contributed by atoms with Gasteiger partial charge in [-0.15, -0.1) is 0 Å². The maximum Gasteiger partial charge on any atom is 0.339 e. The molecule has 4 rings (SSSR count). The number of halogens is 1. The Morgan fingerprint density at radius 1 is 1.18 bits per heavy atom. The lowest BCUT2D eigenvalue weighted by Crippen LogP contribution is -2.22. The molecule has 6 heteroatoms. The van der Waals surface area contributed by atoms with Crippen molar-refractivity contribution < 1.29 is 18.7 Å². The third kappa shape index (κ3) is 3.45. The van der Waals surface area contributed by atoms with Crippen LogP contribution in [-0.4, -0.2) is 23.5 Å². The standard InChI is InChI=1S/C22H19FN2O3/c1-13-9-10-14(11-17(13)23)24-20(26)12-28-22(27)21-15-5-2-3-7-18(15)25-19-8-4-6-16(19)21/h2-3,5,7,9-11H,4,6,8,12H2,1H3,(H,24,26). The van der Waals surface area contributed by atoms with E-state index in [4.69, 9.17) is 4.74 Å². The quantitative estimate of drug-likeness (QED) is 0.698. The van der Waals surface area contributed by atoms with Crippen molar-refractivity contribution in [1.82, 2.24) is 4.98 Å². The molecule has 1 aliphatic rings. The second-order valence-corrected chi connectivity index (χ2v) is 6.87. The molecule has 0 fully saturated rings. The van der Waals surface area contributed by atoms with Gasteiger partial charge in [0.25, 0.3) is 5.91 Å². The molecular weight excluding hydrogens is 359 g/mol. The highest BCUT2D eigenvalue weighted by molar-refractivity contribution is 6.06. The van der Waals surface area contributed by atoms with Gasteiger partial charge in [0.15, 0.2) is 6.61 Å². The summed E-state index contributed by atoms with van der Waals surface area (Å²) in [6, 6.07) is 11.8. The fourth-order valence-corrected chi connectivity index (χ4v) is 3.52. The van der Waals surface area contributed by atoms with Crippen molar-refractivity contribution in [1.29, 1.82) is 0 Å². The summed E-state index contributed by atoms with van der Waals surface area (Å²) >= 11 is 0. The predicted octanol–water partition coefficient (Wildman–Crippen LogP) is 3.97. The number of ether oxygens (including phenoxy) is 1. The van der Waals surface area contributed by atoms with Crippen LogP contribution in [0.5, 0.6) is 0 Å². The molecule has 1 aromatic heterocycles. The fourth-order valence-electron chi connectivity index (χ4n) is 3.52. The summed E-state index contributed by atoms with van der Waals surface area (Å²) in [5.41, 5.74) is 3.87. The Kier molecular flexibility index (Phi) is 4.77. The zero-order valence-corrected chi connectivity index (χ0v) is 15.4. The highest BCUT2D eigenvalue weighted by Crippen LogP contribution is 2.30. The molecule has 0 saturated carbocycles. The van der Waals surface area contributed by atoms with E-state index in [1.807, 2.05) is 24.3 Å². The van der Waals surface area contributed by atoms with E-state index in [9.17, 15) is 14.0 Å². The molecule has 1 aliphatic carbocycles. The minimum atomic E-state index is -0.540. The van der Waals surface area contributed by atoms with Crippen LogP contribution >= 0.6 is 0 Å². The van der Waals surface area contributed by atoms with Gasteiger partial charge < -0.3 is 10.1 Å². The molecule has 142 valence electrons. The zero-order chi connectivity index (χ0) is 19.7. The monoisotopic (exact) mass is 378 g/mol. The van der Waals surface area contributed by atoms with Gasteiger partial charge in [-0.1, -0.05) is 24.3 Å². The van der Waals surface area contributed by atoms with Gasteiger partial charge in [-0.25, -0.2) is 9.18 Å². The van der Waals surface area contributed by atoms with Gasteiger partial charge in [0.1, 0.15) is 5.82 Å². The number of anilines is 1.